The largest absolute Gasteiger partial charge is 0.444 e. The maximum atomic E-state index is 10.8. The molecule has 0 aromatic carbocycles. The van der Waals surface area contributed by atoms with E-state index in [1.165, 1.54) is 6.39 Å². The molecule has 0 amide bonds. The predicted molar refractivity (Wildman–Crippen MR) is 50.1 cm³/mol. The quantitative estimate of drug-likeness (QED) is 0.713. The SMILES string of the molecule is C/C=C(\CCC(C)=O)c1cnco1. The van der Waals surface area contributed by atoms with E-state index in [0.717, 1.165) is 17.8 Å². The van der Waals surface area contributed by atoms with Crippen LogP contribution >= 0.6 is 0 Å². The number of carbonyl (C=O) groups is 1. The molecule has 0 radical (unpaired) electrons. The Morgan fingerprint density at radius 1 is 1.62 bits per heavy atom. The number of oxazole rings is 1. The second kappa shape index (κ2) is 4.60. The number of aromatic nitrogens is 1. The van der Waals surface area contributed by atoms with Crippen LogP contribution in [-0.2, 0) is 4.79 Å². The van der Waals surface area contributed by atoms with Crippen LogP contribution in [0.3, 0.4) is 0 Å². The number of allylic oxidation sites excluding steroid dienone is 2. The lowest BCUT2D eigenvalue weighted by atomic mass is 10.1. The topological polar surface area (TPSA) is 43.1 Å². The van der Waals surface area contributed by atoms with Gasteiger partial charge in [0.25, 0.3) is 0 Å². The van der Waals surface area contributed by atoms with Crippen molar-refractivity contribution >= 4 is 11.4 Å². The van der Waals surface area contributed by atoms with Crippen molar-refractivity contribution in [3.63, 3.8) is 0 Å². The van der Waals surface area contributed by atoms with Crippen molar-refractivity contribution < 1.29 is 9.21 Å². The highest BCUT2D eigenvalue weighted by Gasteiger charge is 2.05. The summed E-state index contributed by atoms with van der Waals surface area (Å²) in [5.74, 6) is 0.947. The van der Waals surface area contributed by atoms with Crippen LogP contribution < -0.4 is 0 Å². The Morgan fingerprint density at radius 2 is 2.38 bits per heavy atom. The molecule has 0 atom stereocenters. The van der Waals surface area contributed by atoms with Crippen molar-refractivity contribution in [2.45, 2.75) is 26.7 Å². The lowest BCUT2D eigenvalue weighted by Crippen LogP contribution is -1.91. The van der Waals surface area contributed by atoms with Crippen LogP contribution in [0.1, 0.15) is 32.4 Å². The Morgan fingerprint density at radius 3 is 2.85 bits per heavy atom. The van der Waals surface area contributed by atoms with Crippen LogP contribution in [0.2, 0.25) is 0 Å². The molecular weight excluding hydrogens is 166 g/mol. The Labute approximate surface area is 77.5 Å². The molecular formula is C10H13NO2. The molecule has 1 aromatic rings. The zero-order valence-electron chi connectivity index (χ0n) is 7.91. The van der Waals surface area contributed by atoms with E-state index in [4.69, 9.17) is 4.42 Å². The molecule has 0 fully saturated rings. The molecule has 0 aliphatic rings. The molecule has 3 heteroatoms. The summed E-state index contributed by atoms with van der Waals surface area (Å²) < 4.78 is 5.13. The molecule has 0 unspecified atom stereocenters. The summed E-state index contributed by atoms with van der Waals surface area (Å²) in [4.78, 5) is 14.6. The fraction of sp³-hybridized carbons (Fsp3) is 0.400. The Bertz CT molecular complexity index is 299. The van der Waals surface area contributed by atoms with Crippen LogP contribution in [0, 0.1) is 0 Å². The van der Waals surface area contributed by atoms with Gasteiger partial charge in [-0.1, -0.05) is 6.08 Å². The summed E-state index contributed by atoms with van der Waals surface area (Å²) in [6.07, 6.45) is 6.28. The van der Waals surface area contributed by atoms with Gasteiger partial charge in [0, 0.05) is 6.42 Å². The fourth-order valence-corrected chi connectivity index (χ4v) is 1.09. The van der Waals surface area contributed by atoms with E-state index in [0.29, 0.717) is 6.42 Å². The molecule has 70 valence electrons. The lowest BCUT2D eigenvalue weighted by molar-refractivity contribution is -0.116. The van der Waals surface area contributed by atoms with Crippen LogP contribution in [0.25, 0.3) is 5.57 Å². The highest BCUT2D eigenvalue weighted by atomic mass is 16.3. The van der Waals surface area contributed by atoms with Crippen molar-refractivity contribution in [3.05, 3.63) is 24.4 Å². The third-order valence-corrected chi connectivity index (χ3v) is 1.84. The number of nitrogens with zero attached hydrogens (tertiary/aromatic N) is 1. The summed E-state index contributed by atoms with van der Waals surface area (Å²) in [6, 6.07) is 0. The molecule has 0 N–H and O–H groups in total. The number of hydrogen-bond acceptors (Lipinski definition) is 3. The smallest absolute Gasteiger partial charge is 0.181 e. The highest BCUT2D eigenvalue weighted by molar-refractivity contribution is 5.77. The van der Waals surface area contributed by atoms with E-state index >= 15 is 0 Å². The lowest BCUT2D eigenvalue weighted by Gasteiger charge is -1.99. The second-order valence-electron chi connectivity index (χ2n) is 2.88. The average Bonchev–Trinajstić information content (AvgIpc) is 2.58. The van der Waals surface area contributed by atoms with Gasteiger partial charge in [-0.05, 0) is 25.8 Å². The Hall–Kier alpha value is -1.38. The number of Topliss-reactive ketones (excluding diaryl/α,β-unsaturated/α-hetero) is 1. The Balaban J connectivity index is 2.60. The molecule has 1 rings (SSSR count). The minimum Gasteiger partial charge on any atom is -0.444 e. The Kier molecular flexibility index (Phi) is 3.43. The molecule has 0 aliphatic carbocycles. The van der Waals surface area contributed by atoms with E-state index < -0.39 is 0 Å². The van der Waals surface area contributed by atoms with Gasteiger partial charge >= 0.3 is 0 Å². The fourth-order valence-electron chi connectivity index (χ4n) is 1.09. The normalized spacial score (nSPS) is 11.7. The summed E-state index contributed by atoms with van der Waals surface area (Å²) in [5, 5.41) is 0. The van der Waals surface area contributed by atoms with Crippen LogP contribution in [-0.4, -0.2) is 10.8 Å². The highest BCUT2D eigenvalue weighted by Crippen LogP contribution is 2.18. The van der Waals surface area contributed by atoms with E-state index in [1.54, 1.807) is 13.1 Å². The second-order valence-corrected chi connectivity index (χ2v) is 2.88. The van der Waals surface area contributed by atoms with E-state index in [1.807, 2.05) is 13.0 Å². The minimum absolute atomic E-state index is 0.193. The first-order valence-electron chi connectivity index (χ1n) is 4.27. The third kappa shape index (κ3) is 2.86. The van der Waals surface area contributed by atoms with Crippen molar-refractivity contribution in [2.24, 2.45) is 0 Å². The van der Waals surface area contributed by atoms with Gasteiger partial charge in [-0.15, -0.1) is 0 Å². The number of hydrogen-bond donors (Lipinski definition) is 0. The van der Waals surface area contributed by atoms with Crippen LogP contribution in [0.5, 0.6) is 0 Å². The first-order valence-corrected chi connectivity index (χ1v) is 4.27. The van der Waals surface area contributed by atoms with Crippen molar-refractivity contribution in [3.8, 4) is 0 Å². The van der Waals surface area contributed by atoms with Crippen molar-refractivity contribution in [1.82, 2.24) is 4.98 Å². The molecule has 1 aromatic heterocycles. The van der Waals surface area contributed by atoms with Gasteiger partial charge in [0.1, 0.15) is 11.5 Å². The first-order chi connectivity index (χ1) is 6.24. The van der Waals surface area contributed by atoms with Gasteiger partial charge in [-0.3, -0.25) is 0 Å². The molecule has 0 bridgehead atoms. The third-order valence-electron chi connectivity index (χ3n) is 1.84. The molecule has 0 saturated carbocycles. The van der Waals surface area contributed by atoms with Gasteiger partial charge in [0.05, 0.1) is 6.20 Å². The summed E-state index contributed by atoms with van der Waals surface area (Å²) in [5.41, 5.74) is 1.03. The zero-order chi connectivity index (χ0) is 9.68. The van der Waals surface area contributed by atoms with Gasteiger partial charge in [-0.25, -0.2) is 4.98 Å². The maximum Gasteiger partial charge on any atom is 0.181 e. The predicted octanol–water partition coefficient (Wildman–Crippen LogP) is 2.45. The molecule has 0 spiro atoms. The summed E-state index contributed by atoms with van der Waals surface area (Å²) in [7, 11) is 0. The van der Waals surface area contributed by atoms with Gasteiger partial charge < -0.3 is 9.21 Å². The van der Waals surface area contributed by atoms with Crippen LogP contribution in [0.15, 0.2) is 23.1 Å². The van der Waals surface area contributed by atoms with Crippen LogP contribution in [0.4, 0.5) is 0 Å². The molecule has 13 heavy (non-hydrogen) atoms. The zero-order valence-corrected chi connectivity index (χ0v) is 7.91. The average molecular weight is 179 g/mol. The number of rotatable bonds is 4. The maximum absolute atomic E-state index is 10.8. The monoisotopic (exact) mass is 179 g/mol. The summed E-state index contributed by atoms with van der Waals surface area (Å²) in [6.45, 7) is 3.52. The van der Waals surface area contributed by atoms with Gasteiger partial charge in [0.2, 0.25) is 0 Å². The number of carbonyl (C=O) groups excluding carboxylic acids is 1. The molecule has 1 heterocycles. The van der Waals surface area contributed by atoms with E-state index in [2.05, 4.69) is 4.98 Å². The molecule has 0 saturated heterocycles. The first kappa shape index (κ1) is 9.71. The molecule has 3 nitrogen and oxygen atoms in total. The van der Waals surface area contributed by atoms with Crippen molar-refractivity contribution in [1.29, 1.82) is 0 Å². The van der Waals surface area contributed by atoms with Crippen molar-refractivity contribution in [2.75, 3.05) is 0 Å². The van der Waals surface area contributed by atoms with E-state index in [-0.39, 0.29) is 5.78 Å². The standard InChI is InChI=1S/C10H13NO2/c1-3-9(5-4-8(2)12)10-6-11-7-13-10/h3,6-7H,4-5H2,1-2H3/b9-3+. The van der Waals surface area contributed by atoms with Gasteiger partial charge in [0.15, 0.2) is 6.39 Å². The number of ketones is 1. The molecule has 0 aliphatic heterocycles. The summed E-state index contributed by atoms with van der Waals surface area (Å²) >= 11 is 0. The minimum atomic E-state index is 0.193. The van der Waals surface area contributed by atoms with Gasteiger partial charge in [-0.2, -0.15) is 0 Å². The van der Waals surface area contributed by atoms with E-state index in [9.17, 15) is 4.79 Å².